The molecule has 0 heterocycles. The first-order valence-electron chi connectivity index (χ1n) is 6.26. The second kappa shape index (κ2) is 6.39. The fourth-order valence-corrected chi connectivity index (χ4v) is 2.19. The van der Waals surface area contributed by atoms with Crippen molar-refractivity contribution in [1.29, 1.82) is 0 Å². The molecule has 0 aliphatic rings. The molecule has 98 valence electrons. The van der Waals surface area contributed by atoms with Crippen molar-refractivity contribution in [3.8, 4) is 0 Å². The molecular weight excluding hydrogens is 258 g/mol. The molecule has 19 heavy (non-hydrogen) atoms. The van der Waals surface area contributed by atoms with Gasteiger partial charge in [-0.3, -0.25) is 4.79 Å². The molecule has 3 heteroatoms. The molecule has 1 N–H and O–H groups in total. The van der Waals surface area contributed by atoms with Crippen LogP contribution in [0.1, 0.15) is 22.8 Å². The highest BCUT2D eigenvalue weighted by Crippen LogP contribution is 2.15. The Bertz CT molecular complexity index is 554. The summed E-state index contributed by atoms with van der Waals surface area (Å²) in [7, 11) is 0. The lowest BCUT2D eigenvalue weighted by atomic mass is 10.1. The normalized spacial score (nSPS) is 11.9. The van der Waals surface area contributed by atoms with E-state index in [0.29, 0.717) is 10.6 Å². The molecule has 0 aliphatic carbocycles. The van der Waals surface area contributed by atoms with E-state index >= 15 is 0 Å². The van der Waals surface area contributed by atoms with E-state index in [1.807, 2.05) is 37.3 Å². The Morgan fingerprint density at radius 1 is 1.11 bits per heavy atom. The maximum Gasteiger partial charge on any atom is 0.253 e. The Morgan fingerprint density at radius 3 is 2.42 bits per heavy atom. The number of hydrogen-bond donors (Lipinski definition) is 1. The van der Waals surface area contributed by atoms with Gasteiger partial charge in [-0.1, -0.05) is 54.1 Å². The van der Waals surface area contributed by atoms with Gasteiger partial charge in [0.1, 0.15) is 0 Å². The Hall–Kier alpha value is -1.80. The van der Waals surface area contributed by atoms with Crippen molar-refractivity contribution in [2.45, 2.75) is 19.4 Å². The van der Waals surface area contributed by atoms with Gasteiger partial charge in [0.05, 0.1) is 10.6 Å². The van der Waals surface area contributed by atoms with Gasteiger partial charge in [0.15, 0.2) is 0 Å². The highest BCUT2D eigenvalue weighted by atomic mass is 35.5. The van der Waals surface area contributed by atoms with Gasteiger partial charge in [0.2, 0.25) is 0 Å². The summed E-state index contributed by atoms with van der Waals surface area (Å²) in [5, 5.41) is 3.44. The zero-order valence-electron chi connectivity index (χ0n) is 10.8. The SMILES string of the molecule is C[C@H](Cc1ccccc1)NC(=O)c1ccccc1Cl. The summed E-state index contributed by atoms with van der Waals surface area (Å²) in [6.07, 6.45) is 0.803. The van der Waals surface area contributed by atoms with Crippen molar-refractivity contribution < 1.29 is 4.79 Å². The van der Waals surface area contributed by atoms with Crippen LogP contribution in [-0.2, 0) is 6.42 Å². The number of carbonyl (C=O) groups is 1. The number of amides is 1. The predicted octanol–water partition coefficient (Wildman–Crippen LogP) is 3.70. The standard InChI is InChI=1S/C16H16ClNO/c1-12(11-13-7-3-2-4-8-13)18-16(19)14-9-5-6-10-15(14)17/h2-10,12H,11H2,1H3,(H,18,19)/t12-/m1/s1. The van der Waals surface area contributed by atoms with Crippen LogP contribution in [0.4, 0.5) is 0 Å². The van der Waals surface area contributed by atoms with Crippen molar-refractivity contribution in [3.05, 3.63) is 70.7 Å². The molecule has 1 amide bonds. The van der Waals surface area contributed by atoms with E-state index in [1.54, 1.807) is 12.1 Å². The van der Waals surface area contributed by atoms with E-state index in [4.69, 9.17) is 11.6 Å². The molecule has 0 bridgehead atoms. The third-order valence-electron chi connectivity index (χ3n) is 2.88. The zero-order chi connectivity index (χ0) is 13.7. The molecule has 0 saturated heterocycles. The Morgan fingerprint density at radius 2 is 1.74 bits per heavy atom. The van der Waals surface area contributed by atoms with Crippen LogP contribution in [0.15, 0.2) is 54.6 Å². The summed E-state index contributed by atoms with van der Waals surface area (Å²) in [4.78, 5) is 12.1. The largest absolute Gasteiger partial charge is 0.349 e. The minimum atomic E-state index is -0.131. The third kappa shape index (κ3) is 3.83. The maximum atomic E-state index is 12.1. The lowest BCUT2D eigenvalue weighted by Crippen LogP contribution is -2.34. The van der Waals surface area contributed by atoms with E-state index in [1.165, 1.54) is 5.56 Å². The first kappa shape index (κ1) is 13.6. The van der Waals surface area contributed by atoms with Gasteiger partial charge in [-0.25, -0.2) is 0 Å². The lowest BCUT2D eigenvalue weighted by molar-refractivity contribution is 0.0940. The van der Waals surface area contributed by atoms with Crippen molar-refractivity contribution in [2.75, 3.05) is 0 Å². The van der Waals surface area contributed by atoms with E-state index in [9.17, 15) is 4.79 Å². The summed E-state index contributed by atoms with van der Waals surface area (Å²) in [5.41, 5.74) is 1.72. The quantitative estimate of drug-likeness (QED) is 0.904. The monoisotopic (exact) mass is 273 g/mol. The topological polar surface area (TPSA) is 29.1 Å². The van der Waals surface area contributed by atoms with E-state index in [2.05, 4.69) is 17.4 Å². The smallest absolute Gasteiger partial charge is 0.253 e. The van der Waals surface area contributed by atoms with Gasteiger partial charge >= 0.3 is 0 Å². The predicted molar refractivity (Wildman–Crippen MR) is 78.5 cm³/mol. The number of benzene rings is 2. The van der Waals surface area contributed by atoms with Crippen LogP contribution >= 0.6 is 11.6 Å². The lowest BCUT2D eigenvalue weighted by Gasteiger charge is -2.14. The number of halogens is 1. The van der Waals surface area contributed by atoms with Gasteiger partial charge < -0.3 is 5.32 Å². The van der Waals surface area contributed by atoms with Crippen LogP contribution in [0.25, 0.3) is 0 Å². The van der Waals surface area contributed by atoms with Crippen LogP contribution < -0.4 is 5.32 Å². The molecule has 2 aromatic rings. The van der Waals surface area contributed by atoms with Gasteiger partial charge in [-0.2, -0.15) is 0 Å². The minimum absolute atomic E-state index is 0.0613. The molecule has 0 spiro atoms. The third-order valence-corrected chi connectivity index (χ3v) is 3.21. The maximum absolute atomic E-state index is 12.1. The molecule has 2 aromatic carbocycles. The molecular formula is C16H16ClNO. The number of hydrogen-bond acceptors (Lipinski definition) is 1. The molecule has 0 unspecified atom stereocenters. The van der Waals surface area contributed by atoms with Crippen LogP contribution in [0, 0.1) is 0 Å². The first-order valence-corrected chi connectivity index (χ1v) is 6.64. The molecule has 0 aromatic heterocycles. The molecule has 0 radical (unpaired) electrons. The van der Waals surface area contributed by atoms with Gasteiger partial charge in [-0.15, -0.1) is 0 Å². The molecule has 2 nitrogen and oxygen atoms in total. The minimum Gasteiger partial charge on any atom is -0.349 e. The van der Waals surface area contributed by atoms with Crippen molar-refractivity contribution in [2.24, 2.45) is 0 Å². The van der Waals surface area contributed by atoms with Gasteiger partial charge in [-0.05, 0) is 31.0 Å². The number of rotatable bonds is 4. The average Bonchev–Trinajstić information content (AvgIpc) is 2.40. The van der Waals surface area contributed by atoms with Crippen molar-refractivity contribution >= 4 is 17.5 Å². The molecule has 0 fully saturated rings. The summed E-state index contributed by atoms with van der Waals surface area (Å²) in [6.45, 7) is 1.99. The highest BCUT2D eigenvalue weighted by molar-refractivity contribution is 6.33. The highest BCUT2D eigenvalue weighted by Gasteiger charge is 2.12. The molecule has 2 rings (SSSR count). The zero-order valence-corrected chi connectivity index (χ0v) is 11.5. The Kier molecular flexibility index (Phi) is 4.58. The van der Waals surface area contributed by atoms with E-state index in [-0.39, 0.29) is 11.9 Å². The molecule has 0 saturated carbocycles. The van der Waals surface area contributed by atoms with E-state index in [0.717, 1.165) is 6.42 Å². The Balaban J connectivity index is 1.98. The summed E-state index contributed by atoms with van der Waals surface area (Å²) < 4.78 is 0. The Labute approximate surface area is 118 Å². The summed E-state index contributed by atoms with van der Waals surface area (Å²) in [5.74, 6) is -0.131. The van der Waals surface area contributed by atoms with Crippen molar-refractivity contribution in [1.82, 2.24) is 5.32 Å². The summed E-state index contributed by atoms with van der Waals surface area (Å²) in [6, 6.07) is 17.2. The number of nitrogens with one attached hydrogen (secondary N) is 1. The second-order valence-electron chi connectivity index (χ2n) is 4.54. The first-order chi connectivity index (χ1) is 9.16. The van der Waals surface area contributed by atoms with Gasteiger partial charge in [0, 0.05) is 6.04 Å². The van der Waals surface area contributed by atoms with Crippen LogP contribution in [0.3, 0.4) is 0 Å². The second-order valence-corrected chi connectivity index (χ2v) is 4.95. The molecule has 0 aliphatic heterocycles. The fraction of sp³-hybridized carbons (Fsp3) is 0.188. The number of carbonyl (C=O) groups excluding carboxylic acids is 1. The van der Waals surface area contributed by atoms with E-state index < -0.39 is 0 Å². The average molecular weight is 274 g/mol. The van der Waals surface area contributed by atoms with Crippen molar-refractivity contribution in [3.63, 3.8) is 0 Å². The van der Waals surface area contributed by atoms with Crippen LogP contribution in [-0.4, -0.2) is 11.9 Å². The molecule has 1 atom stereocenters. The summed E-state index contributed by atoms with van der Waals surface area (Å²) >= 11 is 6.00. The van der Waals surface area contributed by atoms with Gasteiger partial charge in [0.25, 0.3) is 5.91 Å². The van der Waals surface area contributed by atoms with Crippen LogP contribution in [0.2, 0.25) is 5.02 Å². The fourth-order valence-electron chi connectivity index (χ4n) is 1.97. The van der Waals surface area contributed by atoms with Crippen LogP contribution in [0.5, 0.6) is 0 Å².